The van der Waals surface area contributed by atoms with E-state index in [9.17, 15) is 19.2 Å². The molecule has 2 rings (SSSR count). The van der Waals surface area contributed by atoms with Crippen molar-refractivity contribution < 1.29 is 28.7 Å². The van der Waals surface area contributed by atoms with Crippen LogP contribution in [-0.2, 0) is 19.1 Å². The Morgan fingerprint density at radius 3 is 2.48 bits per heavy atom. The summed E-state index contributed by atoms with van der Waals surface area (Å²) < 4.78 is 10.2. The Balaban J connectivity index is 2.10. The van der Waals surface area contributed by atoms with Gasteiger partial charge in [0.15, 0.2) is 5.78 Å². The first-order chi connectivity index (χ1) is 13.8. The number of thiophene rings is 1. The van der Waals surface area contributed by atoms with Crippen molar-refractivity contribution in [3.05, 3.63) is 16.0 Å². The van der Waals surface area contributed by atoms with E-state index in [1.165, 1.54) is 6.92 Å². The first kappa shape index (κ1) is 23.0. The molecule has 8 nitrogen and oxygen atoms in total. The van der Waals surface area contributed by atoms with E-state index < -0.39 is 5.97 Å². The van der Waals surface area contributed by atoms with Gasteiger partial charge in [-0.2, -0.15) is 0 Å². The van der Waals surface area contributed by atoms with Crippen LogP contribution in [0.15, 0.2) is 0 Å². The molecule has 0 bridgehead atoms. The number of piperidine rings is 1. The first-order valence-electron chi connectivity index (χ1n) is 9.78. The summed E-state index contributed by atoms with van der Waals surface area (Å²) in [6, 6.07) is 0. The van der Waals surface area contributed by atoms with Crippen LogP contribution < -0.4 is 5.32 Å². The second kappa shape index (κ2) is 10.5. The molecular weight excluding hydrogens is 396 g/mol. The SMILES string of the molecule is CCOC(=O)c1c(NC(=O)CN2CCC[C@H](C(=O)OCC)C2)sc(C(C)=O)c1C. The highest BCUT2D eigenvalue weighted by atomic mass is 32.1. The number of ether oxygens (including phenoxy) is 2. The highest BCUT2D eigenvalue weighted by molar-refractivity contribution is 7.18. The minimum absolute atomic E-state index is 0.0878. The second-order valence-electron chi connectivity index (χ2n) is 6.91. The van der Waals surface area contributed by atoms with E-state index in [0.717, 1.165) is 24.2 Å². The quantitative estimate of drug-likeness (QED) is 0.505. The Morgan fingerprint density at radius 1 is 1.17 bits per heavy atom. The van der Waals surface area contributed by atoms with E-state index in [0.29, 0.717) is 35.1 Å². The molecule has 9 heteroatoms. The van der Waals surface area contributed by atoms with Gasteiger partial charge in [-0.1, -0.05) is 0 Å². The number of anilines is 1. The van der Waals surface area contributed by atoms with Gasteiger partial charge in [0.1, 0.15) is 5.00 Å². The summed E-state index contributed by atoms with van der Waals surface area (Å²) in [5.74, 6) is -1.52. The Labute approximate surface area is 174 Å². The normalized spacial score (nSPS) is 16.9. The van der Waals surface area contributed by atoms with Gasteiger partial charge in [-0.05, 0) is 52.6 Å². The van der Waals surface area contributed by atoms with E-state index in [2.05, 4.69) is 5.32 Å². The standard InChI is InChI=1S/C20H28N2O6S/c1-5-27-19(25)14-8-7-9-22(10-14)11-15(24)21-18-16(20(26)28-6-2)12(3)17(29-18)13(4)23/h14H,5-11H2,1-4H3,(H,21,24)/t14-/m0/s1. The lowest BCUT2D eigenvalue weighted by Crippen LogP contribution is -2.43. The van der Waals surface area contributed by atoms with E-state index >= 15 is 0 Å². The van der Waals surface area contributed by atoms with Gasteiger partial charge in [0.25, 0.3) is 0 Å². The zero-order valence-electron chi connectivity index (χ0n) is 17.3. The zero-order chi connectivity index (χ0) is 21.6. The molecule has 1 atom stereocenters. The molecule has 0 saturated carbocycles. The van der Waals surface area contributed by atoms with E-state index in [-0.39, 0.29) is 42.3 Å². The van der Waals surface area contributed by atoms with Crippen LogP contribution in [0.4, 0.5) is 5.00 Å². The fraction of sp³-hybridized carbons (Fsp3) is 0.600. The highest BCUT2D eigenvalue weighted by Crippen LogP contribution is 2.34. The van der Waals surface area contributed by atoms with Gasteiger partial charge in [-0.3, -0.25) is 19.3 Å². The number of esters is 2. The molecule has 29 heavy (non-hydrogen) atoms. The topological polar surface area (TPSA) is 102 Å². The van der Waals surface area contributed by atoms with Gasteiger partial charge < -0.3 is 14.8 Å². The molecule has 0 unspecified atom stereocenters. The third kappa shape index (κ3) is 5.86. The number of rotatable bonds is 8. The molecule has 0 aromatic carbocycles. The fourth-order valence-electron chi connectivity index (χ4n) is 3.41. The molecule has 1 fully saturated rings. The average molecular weight is 425 g/mol. The van der Waals surface area contributed by atoms with Crippen LogP contribution >= 0.6 is 11.3 Å². The van der Waals surface area contributed by atoms with Crippen molar-refractivity contribution in [2.45, 2.75) is 40.5 Å². The summed E-state index contributed by atoms with van der Waals surface area (Å²) in [7, 11) is 0. The lowest BCUT2D eigenvalue weighted by molar-refractivity contribution is -0.150. The van der Waals surface area contributed by atoms with Gasteiger partial charge in [-0.15, -0.1) is 11.3 Å². The summed E-state index contributed by atoms with van der Waals surface area (Å²) in [4.78, 5) is 51.1. The number of hydrogen-bond donors (Lipinski definition) is 1. The van der Waals surface area contributed by atoms with Gasteiger partial charge in [0, 0.05) is 6.54 Å². The monoisotopic (exact) mass is 424 g/mol. The van der Waals surface area contributed by atoms with Crippen molar-refractivity contribution in [2.75, 3.05) is 38.2 Å². The molecule has 1 amide bonds. The summed E-state index contributed by atoms with van der Waals surface area (Å²) in [5, 5.41) is 3.07. The molecule has 2 heterocycles. The molecule has 1 aliphatic heterocycles. The Kier molecular flexibility index (Phi) is 8.33. The summed E-state index contributed by atoms with van der Waals surface area (Å²) in [6.07, 6.45) is 1.55. The van der Waals surface area contributed by atoms with Crippen LogP contribution in [0.2, 0.25) is 0 Å². The molecule has 1 aromatic rings. The second-order valence-corrected chi connectivity index (χ2v) is 7.93. The van der Waals surface area contributed by atoms with Crippen molar-refractivity contribution in [1.82, 2.24) is 4.90 Å². The fourth-order valence-corrected chi connectivity index (χ4v) is 4.51. The van der Waals surface area contributed by atoms with Crippen molar-refractivity contribution in [3.63, 3.8) is 0 Å². The maximum atomic E-state index is 12.6. The highest BCUT2D eigenvalue weighted by Gasteiger charge is 2.29. The van der Waals surface area contributed by atoms with E-state index in [1.54, 1.807) is 20.8 Å². The van der Waals surface area contributed by atoms with Crippen molar-refractivity contribution in [2.24, 2.45) is 5.92 Å². The lowest BCUT2D eigenvalue weighted by atomic mass is 9.98. The Bertz CT molecular complexity index is 788. The van der Waals surface area contributed by atoms with Crippen molar-refractivity contribution in [1.29, 1.82) is 0 Å². The lowest BCUT2D eigenvalue weighted by Gasteiger charge is -2.30. The average Bonchev–Trinajstić information content (AvgIpc) is 2.98. The number of nitrogens with one attached hydrogen (secondary N) is 1. The smallest absolute Gasteiger partial charge is 0.341 e. The van der Waals surface area contributed by atoms with Crippen molar-refractivity contribution in [3.8, 4) is 0 Å². The predicted molar refractivity (Wildman–Crippen MR) is 109 cm³/mol. The first-order valence-corrected chi connectivity index (χ1v) is 10.6. The Hall–Kier alpha value is -2.26. The molecule has 1 aromatic heterocycles. The molecule has 1 aliphatic rings. The number of nitrogens with zero attached hydrogens (tertiary/aromatic N) is 1. The largest absolute Gasteiger partial charge is 0.466 e. The van der Waals surface area contributed by atoms with Crippen LogP contribution in [0.25, 0.3) is 0 Å². The van der Waals surface area contributed by atoms with Crippen LogP contribution in [-0.4, -0.2) is 61.4 Å². The zero-order valence-corrected chi connectivity index (χ0v) is 18.1. The molecule has 0 spiro atoms. The minimum Gasteiger partial charge on any atom is -0.466 e. The summed E-state index contributed by atoms with van der Waals surface area (Å²) in [5.41, 5.74) is 0.732. The van der Waals surface area contributed by atoms with Gasteiger partial charge >= 0.3 is 11.9 Å². The van der Waals surface area contributed by atoms with Crippen LogP contribution in [0, 0.1) is 12.8 Å². The number of ketones is 1. The minimum atomic E-state index is -0.565. The maximum Gasteiger partial charge on any atom is 0.341 e. The molecule has 0 aliphatic carbocycles. The number of Topliss-reactive ketones (excluding diaryl/α,β-unsaturated/α-hetero) is 1. The van der Waals surface area contributed by atoms with Gasteiger partial charge in [0.05, 0.1) is 36.1 Å². The third-order valence-corrected chi connectivity index (χ3v) is 6.00. The van der Waals surface area contributed by atoms with Gasteiger partial charge in [0.2, 0.25) is 5.91 Å². The Morgan fingerprint density at radius 2 is 1.86 bits per heavy atom. The van der Waals surface area contributed by atoms with Crippen LogP contribution in [0.3, 0.4) is 0 Å². The third-order valence-electron chi connectivity index (χ3n) is 4.69. The van der Waals surface area contributed by atoms with E-state index in [1.807, 2.05) is 4.90 Å². The molecule has 1 N–H and O–H groups in total. The molecule has 1 saturated heterocycles. The van der Waals surface area contributed by atoms with Crippen molar-refractivity contribution >= 4 is 40.0 Å². The number of likely N-dealkylation sites (tertiary alicyclic amines) is 1. The number of amides is 1. The summed E-state index contributed by atoms with van der Waals surface area (Å²) >= 11 is 1.08. The summed E-state index contributed by atoms with van der Waals surface area (Å²) in [6.45, 7) is 8.33. The van der Waals surface area contributed by atoms with Crippen LogP contribution in [0.1, 0.15) is 59.2 Å². The molecular formula is C20H28N2O6S. The predicted octanol–water partition coefficient (Wildman–Crippen LogP) is 2.65. The number of carbonyl (C=O) groups excluding carboxylic acids is 4. The molecule has 0 radical (unpaired) electrons. The number of hydrogen-bond acceptors (Lipinski definition) is 8. The van der Waals surface area contributed by atoms with Crippen LogP contribution in [0.5, 0.6) is 0 Å². The number of carbonyl (C=O) groups is 4. The molecule has 160 valence electrons. The van der Waals surface area contributed by atoms with Gasteiger partial charge in [-0.25, -0.2) is 4.79 Å². The maximum absolute atomic E-state index is 12.6. The van der Waals surface area contributed by atoms with E-state index in [4.69, 9.17) is 9.47 Å².